The van der Waals surface area contributed by atoms with E-state index in [1.165, 1.54) is 6.92 Å². The van der Waals surface area contributed by atoms with Crippen LogP contribution in [0.4, 0.5) is 5.69 Å². The molecule has 0 bridgehead atoms. The Hall–Kier alpha value is -3.61. The number of anilines is 1. The van der Waals surface area contributed by atoms with Crippen LogP contribution in [0.3, 0.4) is 0 Å². The standard InChI is InChI=1S/C21H20N4O3/c1-13-18(21(28)25-20(23-13)15-8-10-22-11-9-15)6-7-19(27)24-17-5-3-4-16(12-17)14(2)26/h3-5,8-12H,6-7H2,1-2H3,(H,24,27)(H,23,25,28). The van der Waals surface area contributed by atoms with Crippen LogP contribution in [-0.2, 0) is 11.2 Å². The van der Waals surface area contributed by atoms with Crippen LogP contribution in [0.25, 0.3) is 11.4 Å². The molecule has 3 aromatic rings. The minimum Gasteiger partial charge on any atom is -0.326 e. The lowest BCUT2D eigenvalue weighted by atomic mass is 10.1. The van der Waals surface area contributed by atoms with Crippen molar-refractivity contribution in [1.82, 2.24) is 15.0 Å². The van der Waals surface area contributed by atoms with Gasteiger partial charge in [0.1, 0.15) is 5.82 Å². The van der Waals surface area contributed by atoms with E-state index < -0.39 is 0 Å². The van der Waals surface area contributed by atoms with E-state index >= 15 is 0 Å². The lowest BCUT2D eigenvalue weighted by Gasteiger charge is -2.09. The van der Waals surface area contributed by atoms with E-state index in [9.17, 15) is 14.4 Å². The van der Waals surface area contributed by atoms with Crippen molar-refractivity contribution in [3.05, 3.63) is 76.0 Å². The number of hydrogen-bond acceptors (Lipinski definition) is 5. The summed E-state index contributed by atoms with van der Waals surface area (Å²) >= 11 is 0. The minimum atomic E-state index is -0.259. The number of aryl methyl sites for hydroxylation is 1. The number of ketones is 1. The highest BCUT2D eigenvalue weighted by molar-refractivity contribution is 5.97. The van der Waals surface area contributed by atoms with Crippen molar-refractivity contribution >= 4 is 17.4 Å². The number of benzene rings is 1. The Labute approximate surface area is 161 Å². The maximum Gasteiger partial charge on any atom is 0.254 e. The lowest BCUT2D eigenvalue weighted by molar-refractivity contribution is -0.116. The molecule has 0 radical (unpaired) electrons. The predicted molar refractivity (Wildman–Crippen MR) is 106 cm³/mol. The number of H-pyrrole nitrogens is 1. The summed E-state index contributed by atoms with van der Waals surface area (Å²) < 4.78 is 0. The van der Waals surface area contributed by atoms with Crippen LogP contribution in [0.5, 0.6) is 0 Å². The fourth-order valence-corrected chi connectivity index (χ4v) is 2.83. The molecule has 7 heteroatoms. The number of Topliss-reactive ketones (excluding diaryl/α,β-unsaturated/α-hetero) is 1. The van der Waals surface area contributed by atoms with E-state index in [4.69, 9.17) is 0 Å². The summed E-state index contributed by atoms with van der Waals surface area (Å²) in [4.78, 5) is 47.3. The van der Waals surface area contributed by atoms with E-state index in [1.807, 2.05) is 0 Å². The Morgan fingerprint density at radius 1 is 1.14 bits per heavy atom. The second-order valence-corrected chi connectivity index (χ2v) is 6.40. The molecule has 2 aromatic heterocycles. The Balaban J connectivity index is 1.69. The molecule has 28 heavy (non-hydrogen) atoms. The third-order valence-corrected chi connectivity index (χ3v) is 4.33. The van der Waals surface area contributed by atoms with Crippen LogP contribution in [0, 0.1) is 6.92 Å². The number of nitrogens with zero attached hydrogens (tertiary/aromatic N) is 2. The number of carbonyl (C=O) groups is 2. The molecule has 0 aliphatic rings. The van der Waals surface area contributed by atoms with Gasteiger partial charge < -0.3 is 10.3 Å². The zero-order chi connectivity index (χ0) is 20.1. The zero-order valence-electron chi connectivity index (χ0n) is 15.7. The van der Waals surface area contributed by atoms with E-state index in [2.05, 4.69) is 20.3 Å². The highest BCUT2D eigenvalue weighted by atomic mass is 16.1. The quantitative estimate of drug-likeness (QED) is 0.644. The summed E-state index contributed by atoms with van der Waals surface area (Å²) in [6, 6.07) is 10.3. The summed E-state index contributed by atoms with van der Waals surface area (Å²) in [5, 5.41) is 2.75. The van der Waals surface area contributed by atoms with Crippen LogP contribution >= 0.6 is 0 Å². The Morgan fingerprint density at radius 2 is 1.89 bits per heavy atom. The third kappa shape index (κ3) is 4.56. The smallest absolute Gasteiger partial charge is 0.254 e. The molecule has 0 aliphatic carbocycles. The molecule has 0 saturated carbocycles. The number of nitrogens with one attached hydrogen (secondary N) is 2. The van der Waals surface area contributed by atoms with E-state index in [0.29, 0.717) is 28.3 Å². The summed E-state index contributed by atoms with van der Waals surface area (Å²) in [6.07, 6.45) is 3.65. The van der Waals surface area contributed by atoms with Crippen molar-refractivity contribution in [2.24, 2.45) is 0 Å². The Morgan fingerprint density at radius 3 is 2.57 bits per heavy atom. The van der Waals surface area contributed by atoms with Crippen molar-refractivity contribution in [2.45, 2.75) is 26.7 Å². The van der Waals surface area contributed by atoms with Gasteiger partial charge in [-0.15, -0.1) is 0 Å². The first-order valence-corrected chi connectivity index (χ1v) is 8.85. The lowest BCUT2D eigenvalue weighted by Crippen LogP contribution is -2.20. The highest BCUT2D eigenvalue weighted by Crippen LogP contribution is 2.15. The molecule has 2 N–H and O–H groups in total. The number of carbonyl (C=O) groups excluding carboxylic acids is 2. The van der Waals surface area contributed by atoms with Crippen molar-refractivity contribution in [2.75, 3.05) is 5.32 Å². The second-order valence-electron chi connectivity index (χ2n) is 6.40. The van der Waals surface area contributed by atoms with E-state index in [0.717, 1.165) is 5.56 Å². The molecule has 0 aliphatic heterocycles. The van der Waals surface area contributed by atoms with Crippen LogP contribution in [-0.4, -0.2) is 26.6 Å². The van der Waals surface area contributed by atoms with E-state index in [1.54, 1.807) is 55.7 Å². The van der Waals surface area contributed by atoms with Gasteiger partial charge in [-0.05, 0) is 44.5 Å². The van der Waals surface area contributed by atoms with Gasteiger partial charge in [-0.1, -0.05) is 12.1 Å². The first kappa shape index (κ1) is 19.2. The third-order valence-electron chi connectivity index (χ3n) is 4.33. The molecule has 0 spiro atoms. The molecule has 142 valence electrons. The van der Waals surface area contributed by atoms with Crippen LogP contribution in [0.15, 0.2) is 53.6 Å². The largest absolute Gasteiger partial charge is 0.326 e. The molecular weight excluding hydrogens is 356 g/mol. The second kappa shape index (κ2) is 8.39. The van der Waals surface area contributed by atoms with Gasteiger partial charge in [0.15, 0.2) is 5.78 Å². The Kier molecular flexibility index (Phi) is 5.74. The monoisotopic (exact) mass is 376 g/mol. The molecule has 3 rings (SSSR count). The molecule has 2 heterocycles. The van der Waals surface area contributed by atoms with Gasteiger partial charge in [0, 0.05) is 46.9 Å². The predicted octanol–water partition coefficient (Wildman–Crippen LogP) is 2.91. The molecule has 1 aromatic carbocycles. The van der Waals surface area contributed by atoms with Gasteiger partial charge in [0.2, 0.25) is 5.91 Å². The minimum absolute atomic E-state index is 0.0707. The van der Waals surface area contributed by atoms with Gasteiger partial charge in [0.25, 0.3) is 5.56 Å². The Bertz CT molecular complexity index is 1070. The van der Waals surface area contributed by atoms with Crippen molar-refractivity contribution in [1.29, 1.82) is 0 Å². The summed E-state index contributed by atoms with van der Waals surface area (Å²) in [5.74, 6) is 0.162. The van der Waals surface area contributed by atoms with Gasteiger partial charge in [-0.3, -0.25) is 19.4 Å². The first-order chi connectivity index (χ1) is 13.4. The zero-order valence-corrected chi connectivity index (χ0v) is 15.7. The molecule has 0 fully saturated rings. The van der Waals surface area contributed by atoms with E-state index in [-0.39, 0.29) is 30.1 Å². The number of aromatic nitrogens is 3. The summed E-state index contributed by atoms with van der Waals surface area (Å²) in [5.41, 5.74) is 2.65. The molecule has 7 nitrogen and oxygen atoms in total. The normalized spacial score (nSPS) is 10.5. The van der Waals surface area contributed by atoms with Crippen LogP contribution in [0.1, 0.15) is 35.0 Å². The van der Waals surface area contributed by atoms with Crippen molar-refractivity contribution in [3.8, 4) is 11.4 Å². The number of pyridine rings is 1. The number of rotatable bonds is 6. The fraction of sp³-hybridized carbons (Fsp3) is 0.190. The van der Waals surface area contributed by atoms with Crippen molar-refractivity contribution in [3.63, 3.8) is 0 Å². The molecule has 0 saturated heterocycles. The average molecular weight is 376 g/mol. The molecule has 0 atom stereocenters. The number of aromatic amines is 1. The summed E-state index contributed by atoms with van der Waals surface area (Å²) in [7, 11) is 0. The summed E-state index contributed by atoms with van der Waals surface area (Å²) in [6.45, 7) is 3.22. The first-order valence-electron chi connectivity index (χ1n) is 8.85. The van der Waals surface area contributed by atoms with Gasteiger partial charge in [0.05, 0.1) is 0 Å². The number of amides is 1. The molecule has 1 amide bonds. The highest BCUT2D eigenvalue weighted by Gasteiger charge is 2.12. The van der Waals surface area contributed by atoms with Gasteiger partial charge in [-0.2, -0.15) is 0 Å². The van der Waals surface area contributed by atoms with Crippen LogP contribution < -0.4 is 10.9 Å². The van der Waals surface area contributed by atoms with Gasteiger partial charge in [-0.25, -0.2) is 4.98 Å². The number of hydrogen-bond donors (Lipinski definition) is 2. The van der Waals surface area contributed by atoms with Crippen LogP contribution in [0.2, 0.25) is 0 Å². The average Bonchev–Trinajstić information content (AvgIpc) is 2.68. The van der Waals surface area contributed by atoms with Gasteiger partial charge >= 0.3 is 0 Å². The molecule has 0 unspecified atom stereocenters. The fourth-order valence-electron chi connectivity index (χ4n) is 2.83. The topological polar surface area (TPSA) is 105 Å². The van der Waals surface area contributed by atoms with Crippen molar-refractivity contribution < 1.29 is 9.59 Å². The maximum absolute atomic E-state index is 12.4. The SMILES string of the molecule is CC(=O)c1cccc(NC(=O)CCc2c(C)nc(-c3ccncc3)[nH]c2=O)c1. The maximum atomic E-state index is 12.4. The molecular formula is C21H20N4O3.